The summed E-state index contributed by atoms with van der Waals surface area (Å²) in [7, 11) is 7.50. The second-order valence-corrected chi connectivity index (χ2v) is 5.04. The Balaban J connectivity index is 0.00000242. The van der Waals surface area contributed by atoms with Crippen molar-refractivity contribution in [2.75, 3.05) is 55.6 Å². The number of aromatic nitrogens is 4. The molecule has 22 heavy (non-hydrogen) atoms. The Morgan fingerprint density at radius 3 is 2.18 bits per heavy atom. The normalized spacial score (nSPS) is 10.2. The van der Waals surface area contributed by atoms with Gasteiger partial charge in [-0.3, -0.25) is 0 Å². The SMILES string of the molecule is CCCN(C)c1nc(N)c2nc(N(C)C)nc(NC)c2n1.Cl. The van der Waals surface area contributed by atoms with Crippen LogP contribution in [-0.4, -0.2) is 54.7 Å². The van der Waals surface area contributed by atoms with Crippen LogP contribution < -0.4 is 20.9 Å². The molecule has 2 aromatic rings. The second-order valence-electron chi connectivity index (χ2n) is 5.04. The van der Waals surface area contributed by atoms with Crippen LogP contribution in [0.3, 0.4) is 0 Å². The van der Waals surface area contributed by atoms with Crippen LogP contribution >= 0.6 is 12.4 Å². The molecule has 0 bridgehead atoms. The number of hydrogen-bond donors (Lipinski definition) is 2. The first kappa shape index (κ1) is 18.0. The van der Waals surface area contributed by atoms with Crippen molar-refractivity contribution < 1.29 is 0 Å². The van der Waals surface area contributed by atoms with Crippen molar-refractivity contribution in [1.29, 1.82) is 0 Å². The number of nitrogens with zero attached hydrogens (tertiary/aromatic N) is 6. The van der Waals surface area contributed by atoms with Crippen molar-refractivity contribution in [3.63, 3.8) is 0 Å². The summed E-state index contributed by atoms with van der Waals surface area (Å²) in [6, 6.07) is 0. The molecule has 0 atom stereocenters. The van der Waals surface area contributed by atoms with Gasteiger partial charge >= 0.3 is 0 Å². The molecule has 0 saturated carbocycles. The summed E-state index contributed by atoms with van der Waals surface area (Å²) in [5.74, 6) is 2.15. The first-order chi connectivity index (χ1) is 9.97. The van der Waals surface area contributed by atoms with E-state index in [0.717, 1.165) is 13.0 Å². The van der Waals surface area contributed by atoms with Gasteiger partial charge in [0.2, 0.25) is 11.9 Å². The molecule has 2 heterocycles. The van der Waals surface area contributed by atoms with E-state index < -0.39 is 0 Å². The minimum atomic E-state index is 0. The van der Waals surface area contributed by atoms with Crippen molar-refractivity contribution in [2.45, 2.75) is 13.3 Å². The standard InChI is InChI=1S/C13H22N8.ClH/c1-6-7-21(5)13-17-9-8(10(14)18-13)16-12(20(3)4)19-11(9)15-2;/h6-7H2,1-5H3,(H2,14,17,18)(H,15,16,19);1H. The van der Waals surface area contributed by atoms with Crippen molar-refractivity contribution in [3.05, 3.63) is 0 Å². The minimum Gasteiger partial charge on any atom is -0.382 e. The molecule has 2 aromatic heterocycles. The summed E-state index contributed by atoms with van der Waals surface area (Å²) >= 11 is 0. The maximum absolute atomic E-state index is 6.07. The predicted octanol–water partition coefficient (Wildman–Crippen LogP) is 1.38. The van der Waals surface area contributed by atoms with Crippen LogP contribution in [0, 0.1) is 0 Å². The molecule has 0 aromatic carbocycles. The number of nitrogens with one attached hydrogen (secondary N) is 1. The van der Waals surface area contributed by atoms with Crippen molar-refractivity contribution in [3.8, 4) is 0 Å². The number of nitrogens with two attached hydrogens (primary N) is 1. The molecule has 0 aliphatic rings. The summed E-state index contributed by atoms with van der Waals surface area (Å²) in [5.41, 5.74) is 7.26. The number of anilines is 4. The van der Waals surface area contributed by atoms with Gasteiger partial charge in [0.15, 0.2) is 11.6 Å². The molecular weight excluding hydrogens is 304 g/mol. The molecule has 8 nitrogen and oxygen atoms in total. The lowest BCUT2D eigenvalue weighted by molar-refractivity contribution is 0.823. The molecule has 3 N–H and O–H groups in total. The quantitative estimate of drug-likeness (QED) is 0.850. The van der Waals surface area contributed by atoms with Gasteiger partial charge in [-0.2, -0.15) is 9.97 Å². The van der Waals surface area contributed by atoms with E-state index in [0.29, 0.717) is 34.6 Å². The fraction of sp³-hybridized carbons (Fsp3) is 0.538. The predicted molar refractivity (Wildman–Crippen MR) is 94.2 cm³/mol. The van der Waals surface area contributed by atoms with Crippen LogP contribution in [0.1, 0.15) is 13.3 Å². The van der Waals surface area contributed by atoms with E-state index in [1.807, 2.05) is 30.9 Å². The Labute approximate surface area is 136 Å². The fourth-order valence-corrected chi connectivity index (χ4v) is 1.99. The lowest BCUT2D eigenvalue weighted by atomic mass is 10.3. The van der Waals surface area contributed by atoms with E-state index in [1.165, 1.54) is 0 Å². The first-order valence-electron chi connectivity index (χ1n) is 6.89. The lowest BCUT2D eigenvalue weighted by Gasteiger charge is -2.18. The number of hydrogen-bond acceptors (Lipinski definition) is 8. The third-order valence-corrected chi connectivity index (χ3v) is 3.08. The Bertz CT molecular complexity index is 645. The van der Waals surface area contributed by atoms with Crippen molar-refractivity contribution in [2.24, 2.45) is 0 Å². The average molecular weight is 327 g/mol. The number of fused-ring (bicyclic) bond motifs is 1. The Hall–Kier alpha value is -2.09. The summed E-state index contributed by atoms with van der Waals surface area (Å²) in [5, 5.41) is 3.05. The highest BCUT2D eigenvalue weighted by atomic mass is 35.5. The number of nitrogen functional groups attached to an aromatic ring is 1. The van der Waals surface area contributed by atoms with Gasteiger partial charge in [0.1, 0.15) is 11.0 Å². The van der Waals surface area contributed by atoms with E-state index in [-0.39, 0.29) is 12.4 Å². The van der Waals surface area contributed by atoms with E-state index in [1.54, 1.807) is 7.05 Å². The van der Waals surface area contributed by atoms with Gasteiger partial charge < -0.3 is 20.9 Å². The highest BCUT2D eigenvalue weighted by molar-refractivity contribution is 5.93. The third-order valence-electron chi connectivity index (χ3n) is 3.08. The number of halogens is 1. The number of rotatable bonds is 5. The molecule has 9 heteroatoms. The Morgan fingerprint density at radius 1 is 1.00 bits per heavy atom. The van der Waals surface area contributed by atoms with E-state index >= 15 is 0 Å². The molecular formula is C13H23ClN8. The van der Waals surface area contributed by atoms with Crippen molar-refractivity contribution in [1.82, 2.24) is 19.9 Å². The van der Waals surface area contributed by atoms with Gasteiger partial charge in [0.25, 0.3) is 0 Å². The van der Waals surface area contributed by atoms with Crippen LogP contribution in [0.5, 0.6) is 0 Å². The highest BCUT2D eigenvalue weighted by Gasteiger charge is 2.16. The molecule has 0 saturated heterocycles. The highest BCUT2D eigenvalue weighted by Crippen LogP contribution is 2.26. The van der Waals surface area contributed by atoms with Crippen LogP contribution in [0.15, 0.2) is 0 Å². The van der Waals surface area contributed by atoms with Gasteiger partial charge in [-0.25, -0.2) is 9.97 Å². The maximum Gasteiger partial charge on any atom is 0.227 e. The molecule has 0 aliphatic heterocycles. The van der Waals surface area contributed by atoms with Crippen LogP contribution in [0.25, 0.3) is 11.0 Å². The third kappa shape index (κ3) is 3.38. The first-order valence-corrected chi connectivity index (χ1v) is 6.89. The van der Waals surface area contributed by atoms with E-state index in [4.69, 9.17) is 5.73 Å². The van der Waals surface area contributed by atoms with Gasteiger partial charge in [0, 0.05) is 34.7 Å². The van der Waals surface area contributed by atoms with Crippen LogP contribution in [0.2, 0.25) is 0 Å². The Kier molecular flexibility index (Phi) is 5.92. The zero-order chi connectivity index (χ0) is 15.6. The maximum atomic E-state index is 6.07. The zero-order valence-corrected chi connectivity index (χ0v) is 14.4. The van der Waals surface area contributed by atoms with E-state index in [9.17, 15) is 0 Å². The molecule has 0 aliphatic carbocycles. The summed E-state index contributed by atoms with van der Waals surface area (Å²) in [4.78, 5) is 21.6. The Morgan fingerprint density at radius 2 is 1.64 bits per heavy atom. The topological polar surface area (TPSA) is 96.1 Å². The molecule has 0 unspecified atom stereocenters. The van der Waals surface area contributed by atoms with Crippen LogP contribution in [-0.2, 0) is 0 Å². The summed E-state index contributed by atoms with van der Waals surface area (Å²) in [6.45, 7) is 2.96. The molecule has 0 radical (unpaired) electrons. The summed E-state index contributed by atoms with van der Waals surface area (Å²) < 4.78 is 0. The minimum absolute atomic E-state index is 0. The van der Waals surface area contributed by atoms with E-state index in [2.05, 4.69) is 32.2 Å². The van der Waals surface area contributed by atoms with Gasteiger partial charge in [-0.15, -0.1) is 12.4 Å². The monoisotopic (exact) mass is 326 g/mol. The molecule has 0 fully saturated rings. The van der Waals surface area contributed by atoms with Gasteiger partial charge in [0.05, 0.1) is 0 Å². The van der Waals surface area contributed by atoms with Crippen molar-refractivity contribution >= 4 is 47.0 Å². The molecule has 2 rings (SSSR count). The summed E-state index contributed by atoms with van der Waals surface area (Å²) in [6.07, 6.45) is 1.01. The second kappa shape index (κ2) is 7.26. The smallest absolute Gasteiger partial charge is 0.227 e. The fourth-order valence-electron chi connectivity index (χ4n) is 1.99. The van der Waals surface area contributed by atoms with Gasteiger partial charge in [-0.05, 0) is 6.42 Å². The largest absolute Gasteiger partial charge is 0.382 e. The molecule has 122 valence electrons. The lowest BCUT2D eigenvalue weighted by Crippen LogP contribution is -2.21. The zero-order valence-electron chi connectivity index (χ0n) is 13.6. The van der Waals surface area contributed by atoms with Gasteiger partial charge in [-0.1, -0.05) is 6.92 Å². The van der Waals surface area contributed by atoms with Crippen LogP contribution in [0.4, 0.5) is 23.5 Å². The average Bonchev–Trinajstić information content (AvgIpc) is 2.46. The molecule has 0 spiro atoms. The molecule has 0 amide bonds.